The highest BCUT2D eigenvalue weighted by atomic mass is 16.5. The Morgan fingerprint density at radius 2 is 1.97 bits per heavy atom. The number of nitrogens with one attached hydrogen (secondary N) is 1. The largest absolute Gasteiger partial charge is 0.504 e. The summed E-state index contributed by atoms with van der Waals surface area (Å²) in [5.74, 6) is 7.68. The van der Waals surface area contributed by atoms with Gasteiger partial charge in [-0.25, -0.2) is 0 Å². The van der Waals surface area contributed by atoms with Gasteiger partial charge in [0.1, 0.15) is 11.7 Å². The first kappa shape index (κ1) is 27.2. The Hall–Kier alpha value is -2.36. The molecule has 0 spiro atoms. The summed E-state index contributed by atoms with van der Waals surface area (Å²) < 4.78 is 5.24. The first-order valence-corrected chi connectivity index (χ1v) is 14.7. The first-order valence-electron chi connectivity index (χ1n) is 14.7. The molecule has 5 rings (SSSR count). The van der Waals surface area contributed by atoms with Crippen molar-refractivity contribution in [1.82, 2.24) is 5.32 Å². The standard InChI is InChI=1S/C32H43NO5/c1-38-31-18-22-10-12-29(36)26(7-4-6-21(22)17-30(31)37)28(35)8-5-15-32(13-2-3-14-32)24-16-23-9-11-25(34)19-27(23)33-20-24/h17-18,23-24,26-28,33,35,37H,2-3,5-6,8-16,19-20H2,1H3. The maximum absolute atomic E-state index is 13.1. The van der Waals surface area contributed by atoms with Gasteiger partial charge in [0.05, 0.1) is 13.2 Å². The smallest absolute Gasteiger partial charge is 0.160 e. The minimum absolute atomic E-state index is 0.00478. The Morgan fingerprint density at radius 1 is 1.16 bits per heavy atom. The summed E-state index contributed by atoms with van der Waals surface area (Å²) in [4.78, 5) is 25.0. The highest BCUT2D eigenvalue weighted by Crippen LogP contribution is 2.52. The highest BCUT2D eigenvalue weighted by Gasteiger charge is 2.45. The van der Waals surface area contributed by atoms with Gasteiger partial charge in [-0.15, -0.1) is 0 Å². The lowest BCUT2D eigenvalue weighted by atomic mass is 9.63. The number of aliphatic hydroxyl groups excluding tert-OH is 1. The third kappa shape index (κ3) is 5.80. The van der Waals surface area contributed by atoms with Gasteiger partial charge in [0.15, 0.2) is 17.3 Å². The number of methoxy groups -OCH3 is 1. The van der Waals surface area contributed by atoms with Gasteiger partial charge in [0.25, 0.3) is 0 Å². The van der Waals surface area contributed by atoms with E-state index >= 15 is 0 Å². The number of ketones is 2. The number of piperidine rings is 1. The number of phenolic OH excluding ortho intramolecular Hbond substituents is 1. The number of aromatic hydroxyl groups is 1. The Labute approximate surface area is 226 Å². The molecule has 206 valence electrons. The number of hydrogen-bond donors (Lipinski definition) is 3. The molecule has 1 heterocycles. The molecule has 5 atom stereocenters. The molecule has 0 amide bonds. The van der Waals surface area contributed by atoms with E-state index in [0.29, 0.717) is 66.9 Å². The lowest BCUT2D eigenvalue weighted by Gasteiger charge is -2.47. The van der Waals surface area contributed by atoms with Crippen LogP contribution in [-0.2, 0) is 22.4 Å². The molecule has 1 aromatic carbocycles. The fourth-order valence-electron chi connectivity index (χ4n) is 7.84. The average Bonchev–Trinajstić information content (AvgIpc) is 3.41. The lowest BCUT2D eigenvalue weighted by molar-refractivity contribution is -0.124. The monoisotopic (exact) mass is 521 g/mol. The third-order valence-corrected chi connectivity index (χ3v) is 10.1. The number of fused-ring (bicyclic) bond motifs is 2. The van der Waals surface area contributed by atoms with E-state index in [1.165, 1.54) is 39.2 Å². The molecule has 3 aliphatic carbocycles. The van der Waals surface area contributed by atoms with Crippen LogP contribution in [0.4, 0.5) is 0 Å². The number of carbonyl (C=O) groups is 2. The number of aliphatic hydroxyl groups is 1. The van der Waals surface area contributed by atoms with Gasteiger partial charge in [0, 0.05) is 31.7 Å². The van der Waals surface area contributed by atoms with Crippen LogP contribution in [0.3, 0.4) is 0 Å². The second-order valence-corrected chi connectivity index (χ2v) is 12.3. The van der Waals surface area contributed by atoms with E-state index < -0.39 is 12.0 Å². The SMILES string of the molecule is COc1cc2c(cc1O)CC#CC(C(O)CCCC1(C3CNC4CC(=O)CCC4C3)CCCC1)C(=O)CC2. The number of ether oxygens (including phenoxy) is 1. The van der Waals surface area contributed by atoms with E-state index in [1.54, 1.807) is 12.1 Å². The molecule has 0 radical (unpaired) electrons. The first-order chi connectivity index (χ1) is 18.4. The molecule has 38 heavy (non-hydrogen) atoms. The van der Waals surface area contributed by atoms with Crippen molar-refractivity contribution in [3.05, 3.63) is 23.3 Å². The topological polar surface area (TPSA) is 95.9 Å². The normalized spacial score (nSPS) is 29.6. The minimum Gasteiger partial charge on any atom is -0.504 e. The zero-order valence-corrected chi connectivity index (χ0v) is 22.8. The van der Waals surface area contributed by atoms with Crippen LogP contribution in [0.1, 0.15) is 88.2 Å². The Balaban J connectivity index is 1.19. The fourth-order valence-corrected chi connectivity index (χ4v) is 7.84. The van der Waals surface area contributed by atoms with E-state index in [1.807, 2.05) is 0 Å². The molecule has 3 fully saturated rings. The van der Waals surface area contributed by atoms with Gasteiger partial charge in [0.2, 0.25) is 0 Å². The van der Waals surface area contributed by atoms with Crippen LogP contribution in [-0.4, -0.2) is 47.6 Å². The maximum atomic E-state index is 13.1. The molecule has 6 heteroatoms. The lowest BCUT2D eigenvalue weighted by Crippen LogP contribution is -2.52. The van der Waals surface area contributed by atoms with E-state index in [-0.39, 0.29) is 11.5 Å². The number of hydrogen-bond acceptors (Lipinski definition) is 6. The Morgan fingerprint density at radius 3 is 2.76 bits per heavy atom. The molecular formula is C32H43NO5. The van der Waals surface area contributed by atoms with Gasteiger partial charge >= 0.3 is 0 Å². The van der Waals surface area contributed by atoms with Crippen LogP contribution in [0, 0.1) is 35.0 Å². The molecule has 4 aliphatic rings. The summed E-state index contributed by atoms with van der Waals surface area (Å²) in [5.41, 5.74) is 2.19. The van der Waals surface area contributed by atoms with Crippen LogP contribution < -0.4 is 10.1 Å². The zero-order valence-electron chi connectivity index (χ0n) is 22.8. The van der Waals surface area contributed by atoms with Crippen LogP contribution >= 0.6 is 0 Å². The van der Waals surface area contributed by atoms with Crippen molar-refractivity contribution in [1.29, 1.82) is 0 Å². The Bertz CT molecular complexity index is 1100. The van der Waals surface area contributed by atoms with Crippen molar-refractivity contribution < 1.29 is 24.5 Å². The van der Waals surface area contributed by atoms with Gasteiger partial charge in [-0.05, 0) is 92.0 Å². The van der Waals surface area contributed by atoms with Crippen molar-refractivity contribution >= 4 is 11.6 Å². The number of Topliss-reactive ketones (excluding diaryl/α,β-unsaturated/α-hetero) is 2. The zero-order chi connectivity index (χ0) is 26.7. The minimum atomic E-state index is -0.754. The van der Waals surface area contributed by atoms with E-state index in [0.717, 1.165) is 43.4 Å². The summed E-state index contributed by atoms with van der Waals surface area (Å²) >= 11 is 0. The summed E-state index contributed by atoms with van der Waals surface area (Å²) in [6, 6.07) is 3.85. The molecule has 0 bridgehead atoms. The molecule has 3 N–H and O–H groups in total. The van der Waals surface area contributed by atoms with Crippen LogP contribution in [0.25, 0.3) is 0 Å². The van der Waals surface area contributed by atoms with Gasteiger partial charge in [-0.1, -0.05) is 31.1 Å². The summed E-state index contributed by atoms with van der Waals surface area (Å²) in [7, 11) is 1.52. The maximum Gasteiger partial charge on any atom is 0.160 e. The summed E-state index contributed by atoms with van der Waals surface area (Å²) in [6.45, 7) is 1.00. The second-order valence-electron chi connectivity index (χ2n) is 12.3. The number of carbonyl (C=O) groups excluding carboxylic acids is 2. The predicted molar refractivity (Wildman–Crippen MR) is 146 cm³/mol. The van der Waals surface area contributed by atoms with E-state index in [2.05, 4.69) is 17.2 Å². The Kier molecular flexibility index (Phi) is 8.45. The molecule has 1 saturated heterocycles. The molecule has 1 aromatic rings. The van der Waals surface area contributed by atoms with Crippen LogP contribution in [0.2, 0.25) is 0 Å². The highest BCUT2D eigenvalue weighted by molar-refractivity contribution is 5.84. The number of benzene rings is 1. The number of phenols is 1. The third-order valence-electron chi connectivity index (χ3n) is 10.1. The number of rotatable bonds is 7. The average molecular weight is 522 g/mol. The fraction of sp³-hybridized carbons (Fsp3) is 0.688. The second kappa shape index (κ2) is 11.8. The van der Waals surface area contributed by atoms with E-state index in [4.69, 9.17) is 4.74 Å². The van der Waals surface area contributed by atoms with Gasteiger partial charge in [-0.3, -0.25) is 9.59 Å². The predicted octanol–water partition coefficient (Wildman–Crippen LogP) is 4.52. The van der Waals surface area contributed by atoms with Gasteiger partial charge in [-0.2, -0.15) is 0 Å². The summed E-state index contributed by atoms with van der Waals surface area (Å²) in [5, 5.41) is 25.0. The molecule has 6 nitrogen and oxygen atoms in total. The van der Waals surface area contributed by atoms with Crippen molar-refractivity contribution in [2.45, 2.75) is 102 Å². The molecule has 0 aromatic heterocycles. The number of aryl methyl sites for hydroxylation is 1. The van der Waals surface area contributed by atoms with E-state index in [9.17, 15) is 19.8 Å². The van der Waals surface area contributed by atoms with Gasteiger partial charge < -0.3 is 20.3 Å². The van der Waals surface area contributed by atoms with Crippen molar-refractivity contribution in [3.63, 3.8) is 0 Å². The van der Waals surface area contributed by atoms with Crippen molar-refractivity contribution in [2.75, 3.05) is 13.7 Å². The molecule has 2 saturated carbocycles. The summed E-state index contributed by atoms with van der Waals surface area (Å²) in [6.07, 6.45) is 11.9. The molecular weight excluding hydrogens is 478 g/mol. The van der Waals surface area contributed by atoms with Crippen LogP contribution in [0.5, 0.6) is 11.5 Å². The van der Waals surface area contributed by atoms with Crippen LogP contribution in [0.15, 0.2) is 12.1 Å². The van der Waals surface area contributed by atoms with Crippen molar-refractivity contribution in [2.24, 2.45) is 23.2 Å². The van der Waals surface area contributed by atoms with Crippen molar-refractivity contribution in [3.8, 4) is 23.3 Å². The molecule has 5 unspecified atom stereocenters. The quantitative estimate of drug-likeness (QED) is 0.457. The molecule has 1 aliphatic heterocycles.